The van der Waals surface area contributed by atoms with E-state index in [1.54, 1.807) is 0 Å². The molecule has 0 saturated carbocycles. The molecule has 2 aromatic carbocycles. The van der Waals surface area contributed by atoms with E-state index < -0.39 is 10.8 Å². The number of rotatable bonds is 9. The largest absolute Gasteiger partial charge is 0.359 e. The Bertz CT molecular complexity index is 1090. The van der Waals surface area contributed by atoms with Crippen LogP contribution in [0.1, 0.15) is 46.0 Å². The summed E-state index contributed by atoms with van der Waals surface area (Å²) in [5.74, 6) is -0.137. The molecule has 0 unspecified atom stereocenters. The van der Waals surface area contributed by atoms with E-state index in [2.05, 4.69) is 10.5 Å². The lowest BCUT2D eigenvalue weighted by Crippen LogP contribution is -2.30. The maximum atomic E-state index is 13.2. The molecule has 32 heavy (non-hydrogen) atoms. The third-order valence-electron chi connectivity index (χ3n) is 4.62. The van der Waals surface area contributed by atoms with Crippen LogP contribution in [0.3, 0.4) is 0 Å². The Morgan fingerprint density at radius 1 is 1.09 bits per heavy atom. The van der Waals surface area contributed by atoms with Crippen molar-refractivity contribution in [1.82, 2.24) is 15.4 Å². The first-order valence-electron chi connectivity index (χ1n) is 10.1. The lowest BCUT2D eigenvalue weighted by Gasteiger charge is -2.21. The number of nitro benzene ring substituents is 1. The number of hydrogen-bond donors (Lipinski definition) is 1. The van der Waals surface area contributed by atoms with E-state index in [0.717, 1.165) is 5.56 Å². The van der Waals surface area contributed by atoms with Gasteiger partial charge in [0.2, 0.25) is 0 Å². The molecule has 0 bridgehead atoms. The van der Waals surface area contributed by atoms with Crippen LogP contribution in [-0.2, 0) is 13.1 Å². The highest BCUT2D eigenvalue weighted by molar-refractivity contribution is 5.95. The van der Waals surface area contributed by atoms with Gasteiger partial charge in [-0.25, -0.2) is 0 Å². The fourth-order valence-electron chi connectivity index (χ4n) is 3.01. The number of carbonyl (C=O) groups excluding carboxylic acids is 2. The Morgan fingerprint density at radius 3 is 2.53 bits per heavy atom. The minimum Gasteiger partial charge on any atom is -0.359 e. The van der Waals surface area contributed by atoms with Crippen LogP contribution >= 0.6 is 0 Å². The van der Waals surface area contributed by atoms with Crippen LogP contribution in [0.2, 0.25) is 0 Å². The maximum absolute atomic E-state index is 13.2. The molecule has 0 radical (unpaired) electrons. The highest BCUT2D eigenvalue weighted by atomic mass is 16.6. The summed E-state index contributed by atoms with van der Waals surface area (Å²) < 4.78 is 5.30. The third-order valence-corrected chi connectivity index (χ3v) is 4.62. The van der Waals surface area contributed by atoms with Gasteiger partial charge in [0, 0.05) is 36.9 Å². The Labute approximate surface area is 185 Å². The van der Waals surface area contributed by atoms with Crippen LogP contribution < -0.4 is 5.32 Å². The summed E-state index contributed by atoms with van der Waals surface area (Å²) in [6.45, 7) is 4.76. The van der Waals surface area contributed by atoms with Crippen molar-refractivity contribution < 1.29 is 19.0 Å². The molecule has 3 rings (SSSR count). The number of hydrogen-bond acceptors (Lipinski definition) is 6. The summed E-state index contributed by atoms with van der Waals surface area (Å²) in [7, 11) is 0. The van der Waals surface area contributed by atoms with Crippen molar-refractivity contribution in [2.75, 3.05) is 6.54 Å². The van der Waals surface area contributed by atoms with Crippen LogP contribution in [-0.4, -0.2) is 33.3 Å². The highest BCUT2D eigenvalue weighted by Gasteiger charge is 2.22. The molecule has 1 aromatic heterocycles. The summed E-state index contributed by atoms with van der Waals surface area (Å²) in [6, 6.07) is 16.4. The van der Waals surface area contributed by atoms with Crippen molar-refractivity contribution in [1.29, 1.82) is 0 Å². The first kappa shape index (κ1) is 22.7. The molecule has 0 aliphatic rings. The van der Waals surface area contributed by atoms with E-state index in [4.69, 9.17) is 4.52 Å². The van der Waals surface area contributed by atoms with Crippen LogP contribution in [0.4, 0.5) is 5.69 Å². The van der Waals surface area contributed by atoms with E-state index in [-0.39, 0.29) is 35.9 Å². The number of benzene rings is 2. The van der Waals surface area contributed by atoms with Crippen molar-refractivity contribution in [2.24, 2.45) is 5.92 Å². The van der Waals surface area contributed by atoms with Crippen molar-refractivity contribution in [3.63, 3.8) is 0 Å². The second-order valence-electron chi connectivity index (χ2n) is 7.74. The fourth-order valence-corrected chi connectivity index (χ4v) is 3.01. The molecule has 0 aliphatic carbocycles. The predicted molar refractivity (Wildman–Crippen MR) is 117 cm³/mol. The van der Waals surface area contributed by atoms with Crippen molar-refractivity contribution in [2.45, 2.75) is 26.9 Å². The van der Waals surface area contributed by atoms with Gasteiger partial charge in [0.25, 0.3) is 17.5 Å². The minimum absolute atomic E-state index is 0.0425. The molecule has 9 nitrogen and oxygen atoms in total. The van der Waals surface area contributed by atoms with E-state index in [0.29, 0.717) is 18.2 Å². The molecular weight excluding hydrogens is 412 g/mol. The quantitative estimate of drug-likeness (QED) is 0.402. The van der Waals surface area contributed by atoms with Crippen LogP contribution in [0.15, 0.2) is 65.2 Å². The first-order valence-corrected chi connectivity index (χ1v) is 10.1. The van der Waals surface area contributed by atoms with Gasteiger partial charge in [-0.1, -0.05) is 55.4 Å². The average Bonchev–Trinajstić information content (AvgIpc) is 3.26. The van der Waals surface area contributed by atoms with Crippen molar-refractivity contribution >= 4 is 17.5 Å². The highest BCUT2D eigenvalue weighted by Crippen LogP contribution is 2.19. The lowest BCUT2D eigenvalue weighted by molar-refractivity contribution is -0.384. The van der Waals surface area contributed by atoms with Gasteiger partial charge in [0.1, 0.15) is 0 Å². The number of nitrogens with zero attached hydrogens (tertiary/aromatic N) is 3. The zero-order chi connectivity index (χ0) is 23.1. The van der Waals surface area contributed by atoms with Gasteiger partial charge in [-0.3, -0.25) is 19.7 Å². The average molecular weight is 436 g/mol. The van der Waals surface area contributed by atoms with E-state index >= 15 is 0 Å². The van der Waals surface area contributed by atoms with E-state index in [1.165, 1.54) is 35.2 Å². The second kappa shape index (κ2) is 10.3. The molecule has 0 fully saturated rings. The second-order valence-corrected chi connectivity index (χ2v) is 7.74. The Morgan fingerprint density at radius 2 is 1.84 bits per heavy atom. The van der Waals surface area contributed by atoms with E-state index in [1.807, 2.05) is 44.2 Å². The summed E-state index contributed by atoms with van der Waals surface area (Å²) >= 11 is 0. The van der Waals surface area contributed by atoms with Crippen molar-refractivity contribution in [3.8, 4) is 0 Å². The normalized spacial score (nSPS) is 10.7. The molecule has 2 amide bonds. The van der Waals surface area contributed by atoms with Gasteiger partial charge < -0.3 is 14.7 Å². The van der Waals surface area contributed by atoms with E-state index in [9.17, 15) is 19.7 Å². The van der Waals surface area contributed by atoms with Crippen LogP contribution in [0.5, 0.6) is 0 Å². The topological polar surface area (TPSA) is 119 Å². The van der Waals surface area contributed by atoms with Gasteiger partial charge in [0.05, 0.1) is 11.5 Å². The number of nitro groups is 1. The first-order chi connectivity index (χ1) is 15.3. The molecule has 3 aromatic rings. The summed E-state index contributed by atoms with van der Waals surface area (Å²) in [6.07, 6.45) is 0. The predicted octanol–water partition coefficient (Wildman–Crippen LogP) is 3.81. The minimum atomic E-state index is -0.545. The number of nitrogens with one attached hydrogen (secondary N) is 1. The van der Waals surface area contributed by atoms with Crippen LogP contribution in [0.25, 0.3) is 0 Å². The van der Waals surface area contributed by atoms with Gasteiger partial charge in [-0.2, -0.15) is 0 Å². The summed E-state index contributed by atoms with van der Waals surface area (Å²) in [4.78, 5) is 37.5. The van der Waals surface area contributed by atoms with Gasteiger partial charge in [0.15, 0.2) is 11.5 Å². The Balaban J connectivity index is 1.82. The number of amides is 2. The van der Waals surface area contributed by atoms with Gasteiger partial charge >= 0.3 is 0 Å². The lowest BCUT2D eigenvalue weighted by atomic mass is 10.1. The van der Waals surface area contributed by atoms with Gasteiger partial charge in [-0.15, -0.1) is 0 Å². The molecule has 0 atom stereocenters. The molecule has 0 spiro atoms. The molecule has 9 heteroatoms. The SMILES string of the molecule is CC(C)CNC(=O)c1cc(CN(Cc2ccccc2)C(=O)c2cccc([N+](=O)[O-])c2)on1. The molecule has 166 valence electrons. The summed E-state index contributed by atoms with van der Waals surface area (Å²) in [5.41, 5.74) is 1.02. The standard InChI is InChI=1S/C23H24N4O5/c1-16(2)13-24-22(28)21-12-20(32-25-21)15-26(14-17-7-4-3-5-8-17)23(29)18-9-6-10-19(11-18)27(30)31/h3-12,16H,13-15H2,1-2H3,(H,24,28). The summed E-state index contributed by atoms with van der Waals surface area (Å²) in [5, 5.41) is 17.7. The Kier molecular flexibility index (Phi) is 7.33. The monoisotopic (exact) mass is 436 g/mol. The molecule has 0 saturated heterocycles. The third kappa shape index (κ3) is 6.00. The Hall–Kier alpha value is -4.01. The number of carbonyl (C=O) groups is 2. The molecule has 1 heterocycles. The number of aromatic nitrogens is 1. The number of non-ortho nitro benzene ring substituents is 1. The fraction of sp³-hybridized carbons (Fsp3) is 0.261. The smallest absolute Gasteiger partial charge is 0.273 e. The van der Waals surface area contributed by atoms with Crippen molar-refractivity contribution in [3.05, 3.63) is 93.4 Å². The zero-order valence-corrected chi connectivity index (χ0v) is 17.9. The zero-order valence-electron chi connectivity index (χ0n) is 17.9. The van der Waals surface area contributed by atoms with Gasteiger partial charge in [-0.05, 0) is 17.5 Å². The molecule has 1 N–H and O–H groups in total. The maximum Gasteiger partial charge on any atom is 0.273 e. The molecule has 0 aliphatic heterocycles. The van der Waals surface area contributed by atoms with Crippen LogP contribution in [0, 0.1) is 16.0 Å². The molecular formula is C23H24N4O5.